The molecule has 0 aliphatic heterocycles. The van der Waals surface area contributed by atoms with E-state index in [0.29, 0.717) is 0 Å². The van der Waals surface area contributed by atoms with Crippen LogP contribution in [0.2, 0.25) is 0 Å². The number of nitrogens with one attached hydrogen (secondary N) is 2. The second kappa shape index (κ2) is 7.09. The average molecular weight is 367 g/mol. The largest absolute Gasteiger partial charge is 0.378 e. The van der Waals surface area contributed by atoms with Gasteiger partial charge in [0.1, 0.15) is 0 Å². The Morgan fingerprint density at radius 2 is 1.86 bits per heavy atom. The Hall–Kier alpha value is -1.33. The molecule has 0 spiro atoms. The van der Waals surface area contributed by atoms with Crippen molar-refractivity contribution in [2.75, 3.05) is 10.6 Å². The van der Waals surface area contributed by atoms with Gasteiger partial charge in [0.2, 0.25) is 5.91 Å². The Kier molecular flexibility index (Phi) is 5.42. The molecule has 2 aromatic rings. The minimum absolute atomic E-state index is 0.0241. The summed E-state index contributed by atoms with van der Waals surface area (Å²) in [6.07, 6.45) is 0. The lowest BCUT2D eigenvalue weighted by Gasteiger charge is -2.15. The number of amides is 1. The average Bonchev–Trinajstić information content (AvgIpc) is 2.86. The number of rotatable bonds is 5. The van der Waals surface area contributed by atoms with Gasteiger partial charge in [-0.1, -0.05) is 19.9 Å². The molecular weight excluding hydrogens is 348 g/mol. The fourth-order valence-corrected chi connectivity index (χ4v) is 3.28. The van der Waals surface area contributed by atoms with E-state index in [-0.39, 0.29) is 17.9 Å². The molecule has 1 atom stereocenters. The highest BCUT2D eigenvalue weighted by atomic mass is 79.9. The van der Waals surface area contributed by atoms with E-state index in [9.17, 15) is 4.79 Å². The van der Waals surface area contributed by atoms with Crippen LogP contribution in [0.25, 0.3) is 0 Å². The van der Waals surface area contributed by atoms with Crippen molar-refractivity contribution < 1.29 is 4.79 Å². The van der Waals surface area contributed by atoms with E-state index in [0.717, 1.165) is 15.2 Å². The van der Waals surface area contributed by atoms with E-state index < -0.39 is 0 Å². The zero-order valence-electron chi connectivity index (χ0n) is 12.3. The van der Waals surface area contributed by atoms with Gasteiger partial charge in [0, 0.05) is 22.2 Å². The SMILES string of the molecule is CC(C)C(=O)Nc1cccc(NC(C)c2ccc(Br)s2)c1. The Morgan fingerprint density at radius 3 is 2.48 bits per heavy atom. The highest BCUT2D eigenvalue weighted by Crippen LogP contribution is 2.29. The smallest absolute Gasteiger partial charge is 0.226 e. The second-order valence-corrected chi connectivity index (χ2v) is 7.73. The van der Waals surface area contributed by atoms with Crippen molar-refractivity contribution in [1.82, 2.24) is 0 Å². The lowest BCUT2D eigenvalue weighted by Crippen LogP contribution is -2.17. The van der Waals surface area contributed by atoms with Crippen LogP contribution in [0.4, 0.5) is 11.4 Å². The summed E-state index contributed by atoms with van der Waals surface area (Å²) in [4.78, 5) is 13.0. The van der Waals surface area contributed by atoms with Crippen molar-refractivity contribution in [1.29, 1.82) is 0 Å². The van der Waals surface area contributed by atoms with E-state index in [4.69, 9.17) is 0 Å². The Labute approximate surface area is 137 Å². The van der Waals surface area contributed by atoms with Gasteiger partial charge in [0.05, 0.1) is 9.83 Å². The maximum Gasteiger partial charge on any atom is 0.226 e. The number of carbonyl (C=O) groups excluding carboxylic acids is 1. The van der Waals surface area contributed by atoms with Crippen LogP contribution < -0.4 is 10.6 Å². The van der Waals surface area contributed by atoms with Gasteiger partial charge in [-0.2, -0.15) is 0 Å². The molecule has 1 aromatic carbocycles. The van der Waals surface area contributed by atoms with Gasteiger partial charge in [0.25, 0.3) is 0 Å². The minimum atomic E-state index is -0.0241. The van der Waals surface area contributed by atoms with Gasteiger partial charge >= 0.3 is 0 Å². The molecule has 1 unspecified atom stereocenters. The summed E-state index contributed by atoms with van der Waals surface area (Å²) in [6.45, 7) is 5.89. The summed E-state index contributed by atoms with van der Waals surface area (Å²) in [5, 5.41) is 6.37. The fraction of sp³-hybridized carbons (Fsp3) is 0.312. The summed E-state index contributed by atoms with van der Waals surface area (Å²) in [5.41, 5.74) is 1.81. The first-order chi connectivity index (χ1) is 9.95. The third-order valence-electron chi connectivity index (χ3n) is 3.06. The summed E-state index contributed by atoms with van der Waals surface area (Å²) < 4.78 is 1.13. The molecule has 2 N–H and O–H groups in total. The van der Waals surface area contributed by atoms with Crippen molar-refractivity contribution in [3.63, 3.8) is 0 Å². The predicted octanol–water partition coefficient (Wildman–Crippen LogP) is 5.28. The van der Waals surface area contributed by atoms with Crippen LogP contribution in [-0.4, -0.2) is 5.91 Å². The molecule has 0 fully saturated rings. The number of hydrogen-bond acceptors (Lipinski definition) is 3. The van der Waals surface area contributed by atoms with E-state index in [1.54, 1.807) is 11.3 Å². The third-order valence-corrected chi connectivity index (χ3v) is 4.86. The molecule has 112 valence electrons. The standard InChI is InChI=1S/C16H19BrN2OS/c1-10(2)16(20)19-13-6-4-5-12(9-13)18-11(3)14-7-8-15(17)21-14/h4-11,18H,1-3H3,(H,19,20). The normalized spacial score (nSPS) is 12.2. The lowest BCUT2D eigenvalue weighted by molar-refractivity contribution is -0.118. The Bertz CT molecular complexity index is 624. The highest BCUT2D eigenvalue weighted by molar-refractivity contribution is 9.11. The molecule has 1 amide bonds. The van der Waals surface area contributed by atoms with Crippen LogP contribution in [0.15, 0.2) is 40.2 Å². The first-order valence-corrected chi connectivity index (χ1v) is 8.49. The number of benzene rings is 1. The first kappa shape index (κ1) is 16.0. The van der Waals surface area contributed by atoms with Crippen molar-refractivity contribution >= 4 is 44.5 Å². The van der Waals surface area contributed by atoms with Gasteiger partial charge < -0.3 is 10.6 Å². The fourth-order valence-electron chi connectivity index (χ4n) is 1.86. The molecule has 0 saturated heterocycles. The summed E-state index contributed by atoms with van der Waals surface area (Å²) >= 11 is 5.20. The molecule has 5 heteroatoms. The molecule has 2 rings (SSSR count). The number of halogens is 1. The van der Waals surface area contributed by atoms with Crippen molar-refractivity contribution in [2.45, 2.75) is 26.8 Å². The van der Waals surface area contributed by atoms with Gasteiger partial charge in [-0.15, -0.1) is 11.3 Å². The number of carbonyl (C=O) groups is 1. The van der Waals surface area contributed by atoms with E-state index in [1.807, 2.05) is 38.1 Å². The monoisotopic (exact) mass is 366 g/mol. The van der Waals surface area contributed by atoms with Crippen molar-refractivity contribution in [2.24, 2.45) is 5.92 Å². The van der Waals surface area contributed by atoms with E-state index in [2.05, 4.69) is 45.6 Å². The zero-order valence-corrected chi connectivity index (χ0v) is 14.7. The summed E-state index contributed by atoms with van der Waals surface area (Å²) in [7, 11) is 0. The molecule has 1 heterocycles. The quantitative estimate of drug-likeness (QED) is 0.755. The van der Waals surface area contributed by atoms with Crippen LogP contribution in [0, 0.1) is 5.92 Å². The van der Waals surface area contributed by atoms with Gasteiger partial charge in [-0.25, -0.2) is 0 Å². The Balaban J connectivity index is 2.05. The van der Waals surface area contributed by atoms with Crippen LogP contribution in [-0.2, 0) is 4.79 Å². The van der Waals surface area contributed by atoms with Gasteiger partial charge in [0.15, 0.2) is 0 Å². The van der Waals surface area contributed by atoms with Crippen LogP contribution in [0.1, 0.15) is 31.7 Å². The molecule has 1 aromatic heterocycles. The zero-order chi connectivity index (χ0) is 15.4. The lowest BCUT2D eigenvalue weighted by atomic mass is 10.2. The van der Waals surface area contributed by atoms with E-state index in [1.165, 1.54) is 4.88 Å². The third kappa shape index (κ3) is 4.58. The molecule has 0 aliphatic rings. The van der Waals surface area contributed by atoms with Gasteiger partial charge in [-0.3, -0.25) is 4.79 Å². The molecule has 0 saturated carbocycles. The van der Waals surface area contributed by atoms with Gasteiger partial charge in [-0.05, 0) is 53.2 Å². The van der Waals surface area contributed by atoms with Crippen LogP contribution in [0.5, 0.6) is 0 Å². The number of thiophene rings is 1. The van der Waals surface area contributed by atoms with Crippen LogP contribution in [0.3, 0.4) is 0 Å². The first-order valence-electron chi connectivity index (χ1n) is 6.88. The molecule has 0 radical (unpaired) electrons. The molecule has 21 heavy (non-hydrogen) atoms. The van der Waals surface area contributed by atoms with E-state index >= 15 is 0 Å². The second-order valence-electron chi connectivity index (χ2n) is 5.23. The van der Waals surface area contributed by atoms with Crippen molar-refractivity contribution in [3.8, 4) is 0 Å². The summed E-state index contributed by atoms with van der Waals surface area (Å²) in [6, 6.07) is 12.2. The topological polar surface area (TPSA) is 41.1 Å². The van der Waals surface area contributed by atoms with Crippen LogP contribution >= 0.6 is 27.3 Å². The minimum Gasteiger partial charge on any atom is -0.378 e. The number of hydrogen-bond donors (Lipinski definition) is 2. The highest BCUT2D eigenvalue weighted by Gasteiger charge is 2.10. The maximum absolute atomic E-state index is 11.7. The maximum atomic E-state index is 11.7. The molecular formula is C16H19BrN2OS. The molecule has 0 bridgehead atoms. The summed E-state index contributed by atoms with van der Waals surface area (Å²) in [5.74, 6) is 0.00592. The number of anilines is 2. The predicted molar refractivity (Wildman–Crippen MR) is 94.0 cm³/mol. The Morgan fingerprint density at radius 1 is 1.14 bits per heavy atom. The molecule has 0 aliphatic carbocycles. The van der Waals surface area contributed by atoms with Crippen molar-refractivity contribution in [3.05, 3.63) is 45.1 Å². The molecule has 3 nitrogen and oxygen atoms in total.